The number of rotatable bonds is 6. The number of aryl methyl sites for hydroxylation is 3. The molecule has 6 heteroatoms. The van der Waals surface area contributed by atoms with E-state index in [9.17, 15) is 9.59 Å². The summed E-state index contributed by atoms with van der Waals surface area (Å²) in [5.41, 5.74) is 4.18. The van der Waals surface area contributed by atoms with Crippen LogP contribution in [0, 0.1) is 26.7 Å². The Bertz CT molecular complexity index is 853. The average Bonchev–Trinajstić information content (AvgIpc) is 3.07. The molecule has 1 aliphatic rings. The van der Waals surface area contributed by atoms with Gasteiger partial charge in [-0.05, 0) is 39.2 Å². The third-order valence-electron chi connectivity index (χ3n) is 5.30. The number of hydrogen-bond acceptors (Lipinski definition) is 4. The molecule has 0 aliphatic heterocycles. The van der Waals surface area contributed by atoms with Gasteiger partial charge in [0.15, 0.2) is 0 Å². The second-order valence-electron chi connectivity index (χ2n) is 7.63. The number of benzene rings is 1. The lowest BCUT2D eigenvalue weighted by Gasteiger charge is -2.20. The van der Waals surface area contributed by atoms with Crippen LogP contribution in [0.25, 0.3) is 10.6 Å². The highest BCUT2D eigenvalue weighted by Crippen LogP contribution is 2.30. The van der Waals surface area contributed by atoms with Crippen LogP contribution in [0.4, 0.5) is 0 Å². The largest absolute Gasteiger partial charge is 0.354 e. The highest BCUT2D eigenvalue weighted by atomic mass is 32.1. The molecule has 0 atom stereocenters. The Hall–Kier alpha value is -2.21. The molecule has 1 aromatic heterocycles. The van der Waals surface area contributed by atoms with Crippen LogP contribution in [-0.4, -0.2) is 29.9 Å². The maximum Gasteiger partial charge on any atom is 0.263 e. The Balaban J connectivity index is 1.53. The second-order valence-corrected chi connectivity index (χ2v) is 8.63. The van der Waals surface area contributed by atoms with Crippen molar-refractivity contribution in [1.82, 2.24) is 15.6 Å². The van der Waals surface area contributed by atoms with Gasteiger partial charge in [0.2, 0.25) is 5.91 Å². The van der Waals surface area contributed by atoms with Crippen LogP contribution in [0.15, 0.2) is 18.2 Å². The van der Waals surface area contributed by atoms with E-state index in [1.165, 1.54) is 23.3 Å². The molecule has 2 aromatic rings. The van der Waals surface area contributed by atoms with E-state index in [1.54, 1.807) is 0 Å². The van der Waals surface area contributed by atoms with Crippen LogP contribution in [0.3, 0.4) is 0 Å². The first-order valence-corrected chi connectivity index (χ1v) is 10.9. The van der Waals surface area contributed by atoms with Crippen LogP contribution >= 0.6 is 11.3 Å². The van der Waals surface area contributed by atoms with E-state index in [4.69, 9.17) is 0 Å². The van der Waals surface area contributed by atoms with Gasteiger partial charge in [-0.2, -0.15) is 0 Å². The zero-order chi connectivity index (χ0) is 20.1. The van der Waals surface area contributed by atoms with E-state index < -0.39 is 0 Å². The molecule has 3 rings (SSSR count). The molecule has 2 N–H and O–H groups in total. The van der Waals surface area contributed by atoms with Crippen molar-refractivity contribution in [2.45, 2.75) is 52.9 Å². The summed E-state index contributed by atoms with van der Waals surface area (Å²) < 4.78 is 0. The first-order valence-electron chi connectivity index (χ1n) is 10.1. The van der Waals surface area contributed by atoms with Gasteiger partial charge < -0.3 is 10.6 Å². The molecule has 0 spiro atoms. The van der Waals surface area contributed by atoms with Crippen molar-refractivity contribution >= 4 is 23.2 Å². The topological polar surface area (TPSA) is 71.1 Å². The Morgan fingerprint density at radius 3 is 2.50 bits per heavy atom. The lowest BCUT2D eigenvalue weighted by Crippen LogP contribution is -2.38. The maximum absolute atomic E-state index is 12.5. The molecule has 2 amide bonds. The van der Waals surface area contributed by atoms with Crippen LogP contribution in [0.1, 0.15) is 58.6 Å². The minimum absolute atomic E-state index is 0.125. The number of nitrogens with zero attached hydrogens (tertiary/aromatic N) is 1. The van der Waals surface area contributed by atoms with Crippen molar-refractivity contribution < 1.29 is 9.59 Å². The van der Waals surface area contributed by atoms with Crippen molar-refractivity contribution in [3.63, 3.8) is 0 Å². The monoisotopic (exact) mass is 399 g/mol. The summed E-state index contributed by atoms with van der Waals surface area (Å²) >= 11 is 1.42. The minimum Gasteiger partial charge on any atom is -0.354 e. The molecule has 0 radical (unpaired) electrons. The van der Waals surface area contributed by atoms with E-state index in [1.807, 2.05) is 6.92 Å². The molecule has 150 valence electrons. The first kappa shape index (κ1) is 20.5. The van der Waals surface area contributed by atoms with Gasteiger partial charge in [-0.3, -0.25) is 9.59 Å². The van der Waals surface area contributed by atoms with Gasteiger partial charge in [-0.1, -0.05) is 43.0 Å². The fraction of sp³-hybridized carbons (Fsp3) is 0.500. The molecule has 1 aromatic carbocycles. The average molecular weight is 400 g/mol. The molecule has 0 saturated heterocycles. The van der Waals surface area contributed by atoms with Gasteiger partial charge in [0.1, 0.15) is 9.88 Å². The summed E-state index contributed by atoms with van der Waals surface area (Å²) in [6.45, 7) is 6.88. The summed E-state index contributed by atoms with van der Waals surface area (Å²) in [7, 11) is 0. The van der Waals surface area contributed by atoms with E-state index in [0.29, 0.717) is 18.0 Å². The number of aromatic nitrogens is 1. The van der Waals surface area contributed by atoms with Crippen molar-refractivity contribution in [2.24, 2.45) is 5.92 Å². The van der Waals surface area contributed by atoms with Crippen LogP contribution in [-0.2, 0) is 4.79 Å². The predicted molar refractivity (Wildman–Crippen MR) is 114 cm³/mol. The number of thiazole rings is 1. The molecular weight excluding hydrogens is 370 g/mol. The molecule has 1 aliphatic carbocycles. The number of carbonyl (C=O) groups is 2. The Morgan fingerprint density at radius 1 is 1.07 bits per heavy atom. The van der Waals surface area contributed by atoms with Crippen LogP contribution in [0.2, 0.25) is 0 Å². The highest BCUT2D eigenvalue weighted by molar-refractivity contribution is 7.17. The molecule has 5 nitrogen and oxygen atoms in total. The summed E-state index contributed by atoms with van der Waals surface area (Å²) in [6, 6.07) is 6.25. The zero-order valence-corrected chi connectivity index (χ0v) is 17.7. The van der Waals surface area contributed by atoms with Crippen molar-refractivity contribution in [3.05, 3.63) is 39.9 Å². The fourth-order valence-corrected chi connectivity index (χ4v) is 4.80. The predicted octanol–water partition coefficient (Wildman–Crippen LogP) is 4.16. The smallest absolute Gasteiger partial charge is 0.263 e. The summed E-state index contributed by atoms with van der Waals surface area (Å²) in [6.07, 6.45) is 5.49. The van der Waals surface area contributed by atoms with E-state index in [0.717, 1.165) is 47.5 Å². The van der Waals surface area contributed by atoms with Gasteiger partial charge in [0.05, 0.1) is 5.69 Å². The Morgan fingerprint density at radius 2 is 1.79 bits per heavy atom. The number of amides is 2. The minimum atomic E-state index is -0.127. The molecule has 28 heavy (non-hydrogen) atoms. The number of carbonyl (C=O) groups excluding carboxylic acids is 2. The molecule has 1 fully saturated rings. The molecular formula is C22H29N3O2S. The lowest BCUT2D eigenvalue weighted by molar-refractivity contribution is -0.125. The highest BCUT2D eigenvalue weighted by Gasteiger charge is 2.21. The molecule has 1 heterocycles. The summed E-state index contributed by atoms with van der Waals surface area (Å²) in [5.74, 6) is 0.145. The SMILES string of the molecule is Cc1ccc(-c2nc(C)c(C(=O)NCCNC(=O)C3CCCCC3)s2)c(C)c1. The maximum atomic E-state index is 12.5. The Kier molecular flexibility index (Phi) is 6.83. The van der Waals surface area contributed by atoms with E-state index in [-0.39, 0.29) is 17.7 Å². The second kappa shape index (κ2) is 9.32. The van der Waals surface area contributed by atoms with Gasteiger partial charge >= 0.3 is 0 Å². The van der Waals surface area contributed by atoms with Gasteiger partial charge in [-0.15, -0.1) is 11.3 Å². The molecule has 0 bridgehead atoms. The summed E-state index contributed by atoms with van der Waals surface area (Å²) in [4.78, 5) is 29.9. The summed E-state index contributed by atoms with van der Waals surface area (Å²) in [5, 5.41) is 6.72. The normalized spacial score (nSPS) is 14.7. The fourth-order valence-electron chi connectivity index (χ4n) is 3.73. The van der Waals surface area contributed by atoms with Crippen molar-refractivity contribution in [1.29, 1.82) is 0 Å². The van der Waals surface area contributed by atoms with Crippen molar-refractivity contribution in [3.8, 4) is 10.6 Å². The lowest BCUT2D eigenvalue weighted by atomic mass is 9.89. The van der Waals surface area contributed by atoms with Gasteiger partial charge in [0.25, 0.3) is 5.91 Å². The van der Waals surface area contributed by atoms with Crippen LogP contribution in [0.5, 0.6) is 0 Å². The van der Waals surface area contributed by atoms with E-state index in [2.05, 4.69) is 47.7 Å². The standard InChI is InChI=1S/C22H29N3O2S/c1-14-9-10-18(15(2)13-14)22-25-16(3)19(28-22)21(27)24-12-11-23-20(26)17-7-5-4-6-8-17/h9-10,13,17H,4-8,11-12H2,1-3H3,(H,23,26)(H,24,27). The molecule has 0 unspecified atom stereocenters. The number of hydrogen-bond donors (Lipinski definition) is 2. The van der Waals surface area contributed by atoms with E-state index >= 15 is 0 Å². The Labute approximate surface area is 171 Å². The first-order chi connectivity index (χ1) is 13.5. The zero-order valence-electron chi connectivity index (χ0n) is 16.9. The third kappa shape index (κ3) is 4.98. The van der Waals surface area contributed by atoms with Gasteiger partial charge in [-0.25, -0.2) is 4.98 Å². The third-order valence-corrected chi connectivity index (χ3v) is 6.49. The van der Waals surface area contributed by atoms with Crippen LogP contribution < -0.4 is 10.6 Å². The van der Waals surface area contributed by atoms with Gasteiger partial charge in [0, 0.05) is 24.6 Å². The quantitative estimate of drug-likeness (QED) is 0.717. The number of nitrogens with one attached hydrogen (secondary N) is 2. The molecule has 1 saturated carbocycles. The van der Waals surface area contributed by atoms with Crippen molar-refractivity contribution in [2.75, 3.05) is 13.1 Å².